The highest BCUT2D eigenvalue weighted by Gasteiger charge is 2.11. The number of benzene rings is 2. The lowest BCUT2D eigenvalue weighted by atomic mass is 10.1. The number of aliphatic hydroxyl groups is 1. The van der Waals surface area contributed by atoms with Crippen molar-refractivity contribution >= 4 is 23.2 Å². The molecule has 0 aliphatic heterocycles. The molecule has 4 N–H and O–H groups in total. The van der Waals surface area contributed by atoms with E-state index in [4.69, 9.17) is 22.1 Å². The molecule has 0 aliphatic carbocycles. The maximum atomic E-state index is 12.2. The van der Waals surface area contributed by atoms with Crippen molar-refractivity contribution in [2.45, 2.75) is 12.7 Å². The Balaban J connectivity index is 1.98. The Labute approximate surface area is 154 Å². The molecule has 0 fully saturated rings. The number of nitrogens with zero attached hydrogens (tertiary/aromatic N) is 1. The van der Waals surface area contributed by atoms with Crippen LogP contribution in [0.2, 0.25) is 5.02 Å². The number of hydrogen-bond donors (Lipinski definition) is 3. The Morgan fingerprint density at radius 3 is 2.73 bits per heavy atom. The Hall–Kier alpha value is -2.58. The van der Waals surface area contributed by atoms with Crippen molar-refractivity contribution in [2.75, 3.05) is 19.0 Å². The average molecular weight is 386 g/mol. The number of nitrogens with one attached hydrogen (secondary N) is 1. The van der Waals surface area contributed by atoms with E-state index in [2.05, 4.69) is 15.0 Å². The minimum absolute atomic E-state index is 0.0421. The van der Waals surface area contributed by atoms with Crippen molar-refractivity contribution in [2.24, 2.45) is 10.7 Å². The van der Waals surface area contributed by atoms with Crippen molar-refractivity contribution in [1.29, 1.82) is 0 Å². The lowest BCUT2D eigenvalue weighted by Crippen LogP contribution is -2.23. The van der Waals surface area contributed by atoms with E-state index >= 15 is 0 Å². The van der Waals surface area contributed by atoms with E-state index < -0.39 is 12.7 Å². The van der Waals surface area contributed by atoms with E-state index in [1.807, 2.05) is 0 Å². The van der Waals surface area contributed by atoms with Crippen LogP contribution >= 0.6 is 11.6 Å². The third-order valence-electron chi connectivity index (χ3n) is 3.33. The van der Waals surface area contributed by atoms with Crippen LogP contribution in [0.15, 0.2) is 47.5 Å². The van der Waals surface area contributed by atoms with Gasteiger partial charge in [-0.05, 0) is 35.9 Å². The van der Waals surface area contributed by atoms with Gasteiger partial charge in [-0.3, -0.25) is 4.99 Å². The van der Waals surface area contributed by atoms with Crippen molar-refractivity contribution < 1.29 is 23.4 Å². The molecule has 0 amide bonds. The molecule has 26 heavy (non-hydrogen) atoms. The second-order valence-corrected chi connectivity index (χ2v) is 5.57. The molecule has 0 saturated carbocycles. The molecule has 0 radical (unpaired) electrons. The van der Waals surface area contributed by atoms with Gasteiger partial charge in [0.1, 0.15) is 11.5 Å². The number of aliphatic imine (C=N–C) groups is 1. The zero-order chi connectivity index (χ0) is 19.1. The molecule has 0 aromatic heterocycles. The Kier molecular flexibility index (Phi) is 6.99. The highest BCUT2D eigenvalue weighted by Crippen LogP contribution is 2.27. The van der Waals surface area contributed by atoms with Crippen LogP contribution in [0.1, 0.15) is 11.7 Å². The first-order chi connectivity index (χ1) is 12.4. The summed E-state index contributed by atoms with van der Waals surface area (Å²) in [5, 5.41) is 13.4. The number of hydrogen-bond acceptors (Lipinski definition) is 4. The molecule has 2 aromatic rings. The van der Waals surface area contributed by atoms with E-state index in [1.165, 1.54) is 25.3 Å². The molecule has 6 nitrogen and oxygen atoms in total. The molecule has 0 aliphatic rings. The van der Waals surface area contributed by atoms with Crippen molar-refractivity contribution in [3.8, 4) is 11.5 Å². The van der Waals surface area contributed by atoms with E-state index in [0.717, 1.165) is 0 Å². The molecule has 140 valence electrons. The number of alkyl halides is 2. The monoisotopic (exact) mass is 385 g/mol. The van der Waals surface area contributed by atoms with Crippen LogP contribution in [0.5, 0.6) is 11.5 Å². The second-order valence-electron chi connectivity index (χ2n) is 5.17. The summed E-state index contributed by atoms with van der Waals surface area (Å²) in [7, 11) is 1.51. The zero-order valence-corrected chi connectivity index (χ0v) is 14.6. The minimum atomic E-state index is -2.93. The average Bonchev–Trinajstić information content (AvgIpc) is 2.59. The molecular formula is C17H18ClF2N3O3. The van der Waals surface area contributed by atoms with Gasteiger partial charge in [0.15, 0.2) is 5.96 Å². The summed E-state index contributed by atoms with van der Waals surface area (Å²) >= 11 is 6.02. The fourth-order valence-electron chi connectivity index (χ4n) is 2.12. The van der Waals surface area contributed by atoms with Gasteiger partial charge < -0.3 is 25.6 Å². The normalized spacial score (nSPS) is 12.8. The summed E-state index contributed by atoms with van der Waals surface area (Å²) in [5.41, 5.74) is 6.76. The van der Waals surface area contributed by atoms with Crippen molar-refractivity contribution in [1.82, 2.24) is 0 Å². The molecular weight excluding hydrogens is 368 g/mol. The molecule has 0 heterocycles. The maximum Gasteiger partial charge on any atom is 0.387 e. The van der Waals surface area contributed by atoms with Gasteiger partial charge in [0, 0.05) is 5.69 Å². The summed E-state index contributed by atoms with van der Waals surface area (Å²) < 4.78 is 33.8. The Morgan fingerprint density at radius 1 is 1.31 bits per heavy atom. The van der Waals surface area contributed by atoms with E-state index in [0.29, 0.717) is 22.0 Å². The first-order valence-corrected chi connectivity index (χ1v) is 7.90. The fourth-order valence-corrected chi connectivity index (χ4v) is 2.38. The number of aliphatic hydroxyl groups excluding tert-OH is 1. The molecule has 2 aromatic carbocycles. The number of anilines is 1. The second kappa shape index (κ2) is 9.21. The lowest BCUT2D eigenvalue weighted by molar-refractivity contribution is -0.0499. The number of halogens is 3. The van der Waals surface area contributed by atoms with Gasteiger partial charge in [0.05, 0.1) is 24.8 Å². The smallest absolute Gasteiger partial charge is 0.387 e. The van der Waals surface area contributed by atoms with Gasteiger partial charge in [-0.15, -0.1) is 0 Å². The van der Waals surface area contributed by atoms with E-state index in [-0.39, 0.29) is 18.3 Å². The first kappa shape index (κ1) is 19.7. The lowest BCUT2D eigenvalue weighted by Gasteiger charge is -2.12. The number of guanidine groups is 1. The van der Waals surface area contributed by atoms with Gasteiger partial charge in [-0.1, -0.05) is 23.7 Å². The quantitative estimate of drug-likeness (QED) is 0.502. The molecule has 0 bridgehead atoms. The van der Waals surface area contributed by atoms with Crippen LogP contribution in [0, 0.1) is 0 Å². The minimum Gasteiger partial charge on any atom is -0.495 e. The van der Waals surface area contributed by atoms with Crippen LogP contribution in [0.3, 0.4) is 0 Å². The highest BCUT2D eigenvalue weighted by atomic mass is 35.5. The Morgan fingerprint density at radius 2 is 2.08 bits per heavy atom. The number of rotatable bonds is 7. The predicted octanol–water partition coefficient (Wildman–Crippen LogP) is 3.41. The van der Waals surface area contributed by atoms with Gasteiger partial charge >= 0.3 is 6.61 Å². The predicted molar refractivity (Wildman–Crippen MR) is 96.1 cm³/mol. The topological polar surface area (TPSA) is 89.1 Å². The number of nitrogens with two attached hydrogens (primary N) is 1. The first-order valence-electron chi connectivity index (χ1n) is 7.52. The maximum absolute atomic E-state index is 12.2. The van der Waals surface area contributed by atoms with Gasteiger partial charge in [0.25, 0.3) is 0 Å². The van der Waals surface area contributed by atoms with Crippen LogP contribution in [0.25, 0.3) is 0 Å². The third kappa shape index (κ3) is 5.75. The molecule has 0 spiro atoms. The van der Waals surface area contributed by atoms with Crippen molar-refractivity contribution in [3.63, 3.8) is 0 Å². The molecule has 0 saturated heterocycles. The van der Waals surface area contributed by atoms with Crippen molar-refractivity contribution in [3.05, 3.63) is 53.1 Å². The standard InChI is InChI=1S/C17H18ClF2N3O3/c1-25-15-6-5-11(8-13(15)18)23-17(21)22-9-14(24)10-3-2-4-12(7-10)26-16(19)20/h2-8,14,16,24H,9H2,1H3,(H3,21,22,23). The van der Waals surface area contributed by atoms with Gasteiger partial charge in [-0.2, -0.15) is 8.78 Å². The zero-order valence-electron chi connectivity index (χ0n) is 13.8. The Bertz CT molecular complexity index is 775. The third-order valence-corrected chi connectivity index (χ3v) is 3.62. The van der Waals surface area contributed by atoms with Crippen LogP contribution in [-0.2, 0) is 0 Å². The molecule has 1 atom stereocenters. The molecule has 1 unspecified atom stereocenters. The summed E-state index contributed by atoms with van der Waals surface area (Å²) in [6.45, 7) is -3.00. The number of ether oxygens (including phenoxy) is 2. The molecule has 2 rings (SSSR count). The van der Waals surface area contributed by atoms with Gasteiger partial charge in [-0.25, -0.2) is 0 Å². The van der Waals surface area contributed by atoms with Gasteiger partial charge in [0.2, 0.25) is 0 Å². The summed E-state index contributed by atoms with van der Waals surface area (Å²) in [5.74, 6) is 0.541. The van der Waals surface area contributed by atoms with E-state index in [9.17, 15) is 13.9 Å². The van der Waals surface area contributed by atoms with Crippen LogP contribution < -0.4 is 20.5 Å². The summed E-state index contributed by atoms with van der Waals surface area (Å²) in [6.07, 6.45) is -1.03. The largest absolute Gasteiger partial charge is 0.495 e. The van der Waals surface area contributed by atoms with E-state index in [1.54, 1.807) is 24.3 Å². The fraction of sp³-hybridized carbons (Fsp3) is 0.235. The highest BCUT2D eigenvalue weighted by molar-refractivity contribution is 6.32. The van der Waals surface area contributed by atoms with Crippen LogP contribution in [0.4, 0.5) is 14.5 Å². The van der Waals surface area contributed by atoms with Crippen LogP contribution in [-0.4, -0.2) is 31.3 Å². The molecule has 9 heteroatoms. The summed E-state index contributed by atoms with van der Waals surface area (Å²) in [6, 6.07) is 10.8. The summed E-state index contributed by atoms with van der Waals surface area (Å²) in [4.78, 5) is 4.03. The number of methoxy groups -OCH3 is 1. The SMILES string of the molecule is COc1ccc(NC(N)=NCC(O)c2cccc(OC(F)F)c2)cc1Cl.